The van der Waals surface area contributed by atoms with Gasteiger partial charge in [0, 0.05) is 40.1 Å². The molecule has 0 saturated heterocycles. The molecule has 0 unspecified atom stereocenters. The van der Waals surface area contributed by atoms with Crippen molar-refractivity contribution in [3.63, 3.8) is 0 Å². The van der Waals surface area contributed by atoms with Gasteiger partial charge in [0.25, 0.3) is 0 Å². The highest BCUT2D eigenvalue weighted by Crippen LogP contribution is 2.28. The number of ether oxygens (including phenoxy) is 3. The number of hydrogen-bond acceptors (Lipinski definition) is 4. The molecule has 0 amide bonds. The minimum atomic E-state index is 0.783. The molecule has 1 aliphatic rings. The summed E-state index contributed by atoms with van der Waals surface area (Å²) in [6, 6.07) is 0. The Morgan fingerprint density at radius 2 is 1.76 bits per heavy atom. The van der Waals surface area contributed by atoms with Crippen molar-refractivity contribution in [3.05, 3.63) is 0 Å². The fourth-order valence-corrected chi connectivity index (χ4v) is 1.51. The molecule has 1 rings (SSSR count). The van der Waals surface area contributed by atoms with Gasteiger partial charge in [0.15, 0.2) is 0 Å². The summed E-state index contributed by atoms with van der Waals surface area (Å²) in [5.74, 6) is 0.878. The van der Waals surface area contributed by atoms with Crippen LogP contribution in [0.4, 0.5) is 0 Å². The number of nitrogens with one attached hydrogen (secondary N) is 1. The second-order valence-electron chi connectivity index (χ2n) is 4.58. The van der Waals surface area contributed by atoms with E-state index in [2.05, 4.69) is 5.32 Å². The quantitative estimate of drug-likeness (QED) is 0.499. The summed E-state index contributed by atoms with van der Waals surface area (Å²) < 4.78 is 15.9. The van der Waals surface area contributed by atoms with Gasteiger partial charge in [0.1, 0.15) is 0 Å². The predicted octanol–water partition coefficient (Wildman–Crippen LogP) is 1.45. The highest BCUT2D eigenvalue weighted by atomic mass is 16.5. The Kier molecular flexibility index (Phi) is 9.61. The molecule has 0 aromatic heterocycles. The van der Waals surface area contributed by atoms with E-state index < -0.39 is 0 Å². The normalized spacial score (nSPS) is 15.4. The first-order valence-electron chi connectivity index (χ1n) is 6.78. The number of methoxy groups -OCH3 is 1. The van der Waals surface area contributed by atoms with Gasteiger partial charge in [-0.05, 0) is 38.1 Å². The highest BCUT2D eigenvalue weighted by molar-refractivity contribution is 4.71. The fourth-order valence-electron chi connectivity index (χ4n) is 1.51. The van der Waals surface area contributed by atoms with Gasteiger partial charge < -0.3 is 19.5 Å². The van der Waals surface area contributed by atoms with E-state index in [-0.39, 0.29) is 0 Å². The topological polar surface area (TPSA) is 39.7 Å². The van der Waals surface area contributed by atoms with Crippen molar-refractivity contribution in [2.24, 2.45) is 5.92 Å². The van der Waals surface area contributed by atoms with Crippen LogP contribution in [-0.2, 0) is 14.2 Å². The first-order chi connectivity index (χ1) is 8.43. The van der Waals surface area contributed by atoms with Crippen LogP contribution in [0.5, 0.6) is 0 Å². The summed E-state index contributed by atoms with van der Waals surface area (Å²) in [5.41, 5.74) is 0. The fraction of sp³-hybridized carbons (Fsp3) is 1.00. The van der Waals surface area contributed by atoms with E-state index in [9.17, 15) is 0 Å². The van der Waals surface area contributed by atoms with Crippen LogP contribution >= 0.6 is 0 Å². The van der Waals surface area contributed by atoms with Crippen LogP contribution in [0.2, 0.25) is 0 Å². The van der Waals surface area contributed by atoms with Crippen molar-refractivity contribution < 1.29 is 14.2 Å². The van der Waals surface area contributed by atoms with E-state index in [4.69, 9.17) is 14.2 Å². The molecule has 4 heteroatoms. The Bertz CT molecular complexity index is 163. The van der Waals surface area contributed by atoms with Crippen molar-refractivity contribution in [1.82, 2.24) is 5.32 Å². The van der Waals surface area contributed by atoms with Crippen LogP contribution in [0.15, 0.2) is 0 Å². The molecule has 0 aliphatic heterocycles. The smallest absolute Gasteiger partial charge is 0.0590 e. The lowest BCUT2D eigenvalue weighted by Crippen LogP contribution is -2.22. The summed E-state index contributed by atoms with van der Waals surface area (Å²) >= 11 is 0. The zero-order valence-corrected chi connectivity index (χ0v) is 11.1. The number of rotatable bonds is 13. The van der Waals surface area contributed by atoms with E-state index in [1.165, 1.54) is 12.8 Å². The van der Waals surface area contributed by atoms with Gasteiger partial charge in [0.2, 0.25) is 0 Å². The minimum Gasteiger partial charge on any atom is -0.385 e. The van der Waals surface area contributed by atoms with Crippen LogP contribution in [-0.4, -0.2) is 53.2 Å². The van der Waals surface area contributed by atoms with Crippen LogP contribution in [0.3, 0.4) is 0 Å². The third-order valence-corrected chi connectivity index (χ3v) is 2.75. The van der Waals surface area contributed by atoms with Gasteiger partial charge in [-0.1, -0.05) is 0 Å². The van der Waals surface area contributed by atoms with E-state index in [1.807, 2.05) is 0 Å². The Balaban J connectivity index is 1.61. The Hall–Kier alpha value is -0.160. The first kappa shape index (κ1) is 14.9. The van der Waals surface area contributed by atoms with Crippen molar-refractivity contribution in [2.75, 3.05) is 53.2 Å². The molecule has 0 spiro atoms. The molecule has 1 aliphatic carbocycles. The zero-order valence-electron chi connectivity index (χ0n) is 11.1. The lowest BCUT2D eigenvalue weighted by molar-refractivity contribution is 0.102. The van der Waals surface area contributed by atoms with E-state index >= 15 is 0 Å². The lowest BCUT2D eigenvalue weighted by Gasteiger charge is -2.06. The van der Waals surface area contributed by atoms with E-state index in [0.29, 0.717) is 0 Å². The molecular weight excluding hydrogens is 218 g/mol. The second-order valence-corrected chi connectivity index (χ2v) is 4.58. The minimum absolute atomic E-state index is 0.783. The maximum absolute atomic E-state index is 5.54. The van der Waals surface area contributed by atoms with Crippen molar-refractivity contribution in [3.8, 4) is 0 Å². The van der Waals surface area contributed by atoms with Crippen LogP contribution < -0.4 is 5.32 Å². The molecule has 102 valence electrons. The summed E-state index contributed by atoms with van der Waals surface area (Å²) in [4.78, 5) is 0. The molecule has 0 radical (unpaired) electrons. The highest BCUT2D eigenvalue weighted by Gasteiger charge is 2.20. The Morgan fingerprint density at radius 3 is 2.53 bits per heavy atom. The summed E-state index contributed by atoms with van der Waals surface area (Å²) in [6.45, 7) is 6.17. The molecule has 0 aromatic rings. The van der Waals surface area contributed by atoms with Crippen molar-refractivity contribution in [1.29, 1.82) is 0 Å². The van der Waals surface area contributed by atoms with Gasteiger partial charge in [-0.3, -0.25) is 0 Å². The summed E-state index contributed by atoms with van der Waals surface area (Å²) in [5, 5.41) is 3.34. The van der Waals surface area contributed by atoms with E-state index in [1.54, 1.807) is 7.11 Å². The average molecular weight is 245 g/mol. The maximum atomic E-state index is 5.54. The van der Waals surface area contributed by atoms with Crippen molar-refractivity contribution >= 4 is 0 Å². The molecule has 1 fully saturated rings. The van der Waals surface area contributed by atoms with Gasteiger partial charge in [-0.25, -0.2) is 0 Å². The SMILES string of the molecule is COCCCOCCNCCCOCC1CC1. The molecule has 0 atom stereocenters. The Morgan fingerprint density at radius 1 is 0.941 bits per heavy atom. The van der Waals surface area contributed by atoms with E-state index in [0.717, 1.165) is 64.9 Å². The first-order valence-corrected chi connectivity index (χ1v) is 6.78. The molecule has 0 heterocycles. The van der Waals surface area contributed by atoms with Crippen LogP contribution in [0.1, 0.15) is 25.7 Å². The molecule has 17 heavy (non-hydrogen) atoms. The predicted molar refractivity (Wildman–Crippen MR) is 68.3 cm³/mol. The third kappa shape index (κ3) is 10.7. The molecule has 1 N–H and O–H groups in total. The Labute approximate surface area is 105 Å². The van der Waals surface area contributed by atoms with Gasteiger partial charge >= 0.3 is 0 Å². The van der Waals surface area contributed by atoms with Crippen LogP contribution in [0, 0.1) is 5.92 Å². The summed E-state index contributed by atoms with van der Waals surface area (Å²) in [6.07, 6.45) is 4.82. The monoisotopic (exact) mass is 245 g/mol. The van der Waals surface area contributed by atoms with Crippen molar-refractivity contribution in [2.45, 2.75) is 25.7 Å². The lowest BCUT2D eigenvalue weighted by atomic mass is 10.4. The maximum Gasteiger partial charge on any atom is 0.0590 e. The van der Waals surface area contributed by atoms with Gasteiger partial charge in [-0.15, -0.1) is 0 Å². The average Bonchev–Trinajstić information content (AvgIpc) is 3.15. The third-order valence-electron chi connectivity index (χ3n) is 2.75. The zero-order chi connectivity index (χ0) is 12.2. The molecular formula is C13H27NO3. The largest absolute Gasteiger partial charge is 0.385 e. The summed E-state index contributed by atoms with van der Waals surface area (Å²) in [7, 11) is 1.72. The standard InChI is InChI=1S/C13H27NO3/c1-15-8-3-10-16-11-7-14-6-2-9-17-12-13-4-5-13/h13-14H,2-12H2,1H3. The van der Waals surface area contributed by atoms with Gasteiger partial charge in [0.05, 0.1) is 6.61 Å². The van der Waals surface area contributed by atoms with Crippen LogP contribution in [0.25, 0.3) is 0 Å². The molecule has 0 aromatic carbocycles. The van der Waals surface area contributed by atoms with Gasteiger partial charge in [-0.2, -0.15) is 0 Å². The molecule has 4 nitrogen and oxygen atoms in total. The molecule has 0 bridgehead atoms. The molecule has 1 saturated carbocycles. The second kappa shape index (κ2) is 11.0. The number of hydrogen-bond donors (Lipinski definition) is 1.